The van der Waals surface area contributed by atoms with Gasteiger partial charge in [-0.25, -0.2) is 0 Å². The van der Waals surface area contributed by atoms with Crippen LogP contribution >= 0.6 is 11.3 Å². The highest BCUT2D eigenvalue weighted by molar-refractivity contribution is 7.07. The maximum Gasteiger partial charge on any atom is 0.126 e. The molecule has 1 N–H and O–H groups in total. The van der Waals surface area contributed by atoms with Gasteiger partial charge in [0.1, 0.15) is 5.76 Å². The van der Waals surface area contributed by atoms with E-state index in [1.54, 1.807) is 17.6 Å². The number of rotatable bonds is 7. The Hall–Kier alpha value is -1.40. The second-order valence-electron chi connectivity index (χ2n) is 5.95. The van der Waals surface area contributed by atoms with Gasteiger partial charge in [0.15, 0.2) is 0 Å². The van der Waals surface area contributed by atoms with Gasteiger partial charge in [-0.3, -0.25) is 9.80 Å². The first-order chi connectivity index (χ1) is 11.3. The zero-order valence-corrected chi connectivity index (χ0v) is 14.1. The highest BCUT2D eigenvalue weighted by Gasteiger charge is 2.26. The van der Waals surface area contributed by atoms with E-state index in [0.717, 1.165) is 44.9 Å². The molecule has 4 nitrogen and oxygen atoms in total. The van der Waals surface area contributed by atoms with E-state index in [9.17, 15) is 5.11 Å². The van der Waals surface area contributed by atoms with Crippen molar-refractivity contribution in [1.82, 2.24) is 9.80 Å². The molecule has 1 atom stereocenters. The van der Waals surface area contributed by atoms with Crippen LogP contribution in [0.15, 0.2) is 45.7 Å². The van der Waals surface area contributed by atoms with Gasteiger partial charge in [0.05, 0.1) is 6.26 Å². The molecule has 1 unspecified atom stereocenters. The first-order valence-corrected chi connectivity index (χ1v) is 9.08. The predicted molar refractivity (Wildman–Crippen MR) is 94.4 cm³/mol. The van der Waals surface area contributed by atoms with E-state index >= 15 is 0 Å². The molecule has 2 aromatic rings. The minimum absolute atomic E-state index is 0.251. The van der Waals surface area contributed by atoms with Crippen molar-refractivity contribution in [1.29, 1.82) is 0 Å². The molecular weight excluding hydrogens is 308 g/mol. The smallest absolute Gasteiger partial charge is 0.126 e. The minimum Gasteiger partial charge on any atom is -0.465 e. The molecule has 0 aliphatic carbocycles. The molecule has 2 aromatic heterocycles. The molecule has 3 heterocycles. The van der Waals surface area contributed by atoms with Crippen molar-refractivity contribution < 1.29 is 9.52 Å². The molecule has 0 spiro atoms. The van der Waals surface area contributed by atoms with Crippen LogP contribution in [0, 0.1) is 0 Å². The third-order valence-corrected chi connectivity index (χ3v) is 5.04. The standard InChI is InChI=1S/C18H24N2O2S/c21-10-5-17-14-19(7-1-3-18-4-2-11-22-18)8-9-20(17)13-16-6-12-23-15-16/h1-4,6,11-12,15,17,21H,5,7-10,13-14H2. The summed E-state index contributed by atoms with van der Waals surface area (Å²) < 4.78 is 5.31. The van der Waals surface area contributed by atoms with Gasteiger partial charge in [-0.2, -0.15) is 11.3 Å². The van der Waals surface area contributed by atoms with Crippen LogP contribution in [0.1, 0.15) is 17.7 Å². The molecule has 0 amide bonds. The van der Waals surface area contributed by atoms with Crippen molar-refractivity contribution in [3.8, 4) is 0 Å². The summed E-state index contributed by atoms with van der Waals surface area (Å²) in [5.74, 6) is 0.896. The lowest BCUT2D eigenvalue weighted by molar-refractivity contribution is 0.0597. The fourth-order valence-electron chi connectivity index (χ4n) is 3.08. The van der Waals surface area contributed by atoms with E-state index < -0.39 is 0 Å². The quantitative estimate of drug-likeness (QED) is 0.846. The summed E-state index contributed by atoms with van der Waals surface area (Å²) in [4.78, 5) is 4.95. The Morgan fingerprint density at radius 3 is 3.04 bits per heavy atom. The van der Waals surface area contributed by atoms with Crippen LogP contribution in [-0.2, 0) is 6.54 Å². The van der Waals surface area contributed by atoms with Gasteiger partial charge >= 0.3 is 0 Å². The van der Waals surface area contributed by atoms with Crippen molar-refractivity contribution in [3.63, 3.8) is 0 Å². The molecule has 23 heavy (non-hydrogen) atoms. The Labute approximate surface area is 141 Å². The number of nitrogens with zero attached hydrogens (tertiary/aromatic N) is 2. The van der Waals surface area contributed by atoms with E-state index in [2.05, 4.69) is 32.7 Å². The summed E-state index contributed by atoms with van der Waals surface area (Å²) in [6.45, 7) is 5.29. The summed E-state index contributed by atoms with van der Waals surface area (Å²) in [6, 6.07) is 6.48. The lowest BCUT2D eigenvalue weighted by atomic mass is 10.1. The maximum absolute atomic E-state index is 9.38. The van der Waals surface area contributed by atoms with Crippen LogP contribution in [0.3, 0.4) is 0 Å². The average molecular weight is 332 g/mol. The fourth-order valence-corrected chi connectivity index (χ4v) is 3.74. The van der Waals surface area contributed by atoms with Crippen LogP contribution in [0.2, 0.25) is 0 Å². The normalized spacial score (nSPS) is 20.5. The van der Waals surface area contributed by atoms with Crippen molar-refractivity contribution in [3.05, 3.63) is 52.6 Å². The van der Waals surface area contributed by atoms with Gasteiger partial charge in [-0.1, -0.05) is 6.08 Å². The van der Waals surface area contributed by atoms with Gasteiger partial charge in [0.25, 0.3) is 0 Å². The van der Waals surface area contributed by atoms with Crippen LogP contribution in [0.4, 0.5) is 0 Å². The molecule has 1 aliphatic rings. The minimum atomic E-state index is 0.251. The summed E-state index contributed by atoms with van der Waals surface area (Å²) >= 11 is 1.75. The van der Waals surface area contributed by atoms with Gasteiger partial charge in [-0.15, -0.1) is 0 Å². The SMILES string of the molecule is OCCC1CN(CC=Cc2ccco2)CCN1Cc1ccsc1. The van der Waals surface area contributed by atoms with Crippen LogP contribution in [0.25, 0.3) is 6.08 Å². The number of hydrogen-bond donors (Lipinski definition) is 1. The van der Waals surface area contributed by atoms with E-state index in [4.69, 9.17) is 4.42 Å². The molecule has 5 heteroatoms. The third-order valence-electron chi connectivity index (χ3n) is 4.31. The molecule has 0 bridgehead atoms. The summed E-state index contributed by atoms with van der Waals surface area (Å²) in [5, 5.41) is 13.7. The summed E-state index contributed by atoms with van der Waals surface area (Å²) in [7, 11) is 0. The Bertz CT molecular complexity index is 580. The summed E-state index contributed by atoms with van der Waals surface area (Å²) in [6.07, 6.45) is 6.71. The van der Waals surface area contributed by atoms with Gasteiger partial charge in [0, 0.05) is 45.4 Å². The molecule has 3 rings (SSSR count). The van der Waals surface area contributed by atoms with Crippen molar-refractivity contribution in [2.75, 3.05) is 32.8 Å². The first kappa shape index (κ1) is 16.5. The number of furan rings is 1. The van der Waals surface area contributed by atoms with Crippen LogP contribution in [0.5, 0.6) is 0 Å². The zero-order valence-electron chi connectivity index (χ0n) is 13.3. The van der Waals surface area contributed by atoms with Crippen LogP contribution in [-0.4, -0.2) is 53.7 Å². The van der Waals surface area contributed by atoms with E-state index in [1.807, 2.05) is 18.2 Å². The number of thiophene rings is 1. The lowest BCUT2D eigenvalue weighted by Crippen LogP contribution is -2.52. The predicted octanol–water partition coefficient (Wildman–Crippen LogP) is 2.92. The molecule has 0 aromatic carbocycles. The monoisotopic (exact) mass is 332 g/mol. The van der Waals surface area contributed by atoms with Crippen molar-refractivity contribution in [2.24, 2.45) is 0 Å². The first-order valence-electron chi connectivity index (χ1n) is 8.13. The number of aliphatic hydroxyl groups excluding tert-OH is 1. The number of hydrogen-bond acceptors (Lipinski definition) is 5. The van der Waals surface area contributed by atoms with Gasteiger partial charge in [-0.05, 0) is 47.0 Å². The van der Waals surface area contributed by atoms with E-state index in [0.29, 0.717) is 6.04 Å². The Morgan fingerprint density at radius 2 is 2.30 bits per heavy atom. The molecule has 1 aliphatic heterocycles. The second kappa shape index (κ2) is 8.45. The van der Waals surface area contributed by atoms with Crippen molar-refractivity contribution in [2.45, 2.75) is 19.0 Å². The maximum atomic E-state index is 9.38. The Balaban J connectivity index is 1.53. The molecule has 1 fully saturated rings. The largest absolute Gasteiger partial charge is 0.465 e. The van der Waals surface area contributed by atoms with Crippen LogP contribution < -0.4 is 0 Å². The average Bonchev–Trinajstić information content (AvgIpc) is 3.24. The molecule has 124 valence electrons. The molecule has 1 saturated heterocycles. The topological polar surface area (TPSA) is 39.9 Å². The molecular formula is C18H24N2O2S. The van der Waals surface area contributed by atoms with Crippen molar-refractivity contribution >= 4 is 17.4 Å². The Morgan fingerprint density at radius 1 is 1.35 bits per heavy atom. The zero-order chi connectivity index (χ0) is 15.9. The molecule has 0 saturated carbocycles. The number of piperazine rings is 1. The number of aliphatic hydroxyl groups is 1. The fraction of sp³-hybridized carbons (Fsp3) is 0.444. The van der Waals surface area contributed by atoms with Gasteiger partial charge in [0.2, 0.25) is 0 Å². The van der Waals surface area contributed by atoms with Gasteiger partial charge < -0.3 is 9.52 Å². The Kier molecular flexibility index (Phi) is 6.05. The second-order valence-corrected chi connectivity index (χ2v) is 6.73. The highest BCUT2D eigenvalue weighted by Crippen LogP contribution is 2.18. The van der Waals surface area contributed by atoms with E-state index in [1.165, 1.54) is 5.56 Å². The van der Waals surface area contributed by atoms with E-state index in [-0.39, 0.29) is 6.61 Å². The highest BCUT2D eigenvalue weighted by atomic mass is 32.1. The third kappa shape index (κ3) is 4.78. The summed E-state index contributed by atoms with van der Waals surface area (Å²) in [5.41, 5.74) is 1.38. The lowest BCUT2D eigenvalue weighted by Gasteiger charge is -2.41. The molecule has 0 radical (unpaired) electrons.